The second-order valence-electron chi connectivity index (χ2n) is 5.06. The Hall–Kier alpha value is -3.22. The zero-order chi connectivity index (χ0) is 18.7. The van der Waals surface area contributed by atoms with Crippen LogP contribution in [0.4, 0.5) is 11.4 Å². The van der Waals surface area contributed by atoms with Gasteiger partial charge in [0.2, 0.25) is 0 Å². The molecule has 130 valence electrons. The van der Waals surface area contributed by atoms with Gasteiger partial charge in [-0.25, -0.2) is 13.1 Å². The molecule has 0 saturated carbocycles. The van der Waals surface area contributed by atoms with Crippen molar-refractivity contribution in [1.29, 1.82) is 5.26 Å². The summed E-state index contributed by atoms with van der Waals surface area (Å²) in [6, 6.07) is 16.0. The maximum Gasteiger partial charge on any atom is 0.300 e. The van der Waals surface area contributed by atoms with Crippen molar-refractivity contribution in [3.63, 3.8) is 0 Å². The van der Waals surface area contributed by atoms with Crippen LogP contribution in [0.5, 0.6) is 0 Å². The maximum absolute atomic E-state index is 12.5. The molecular formula is C16H10ClN5O3S. The van der Waals surface area contributed by atoms with Gasteiger partial charge < -0.3 is 0 Å². The molecular weight excluding hydrogens is 378 g/mol. The number of halogens is 1. The van der Waals surface area contributed by atoms with Gasteiger partial charge in [-0.1, -0.05) is 24.3 Å². The van der Waals surface area contributed by atoms with Crippen LogP contribution in [0.1, 0.15) is 5.69 Å². The number of benzene rings is 2. The Balaban J connectivity index is 2.04. The summed E-state index contributed by atoms with van der Waals surface area (Å²) in [5, 5.41) is 19.5. The van der Waals surface area contributed by atoms with Crippen molar-refractivity contribution in [1.82, 2.24) is 9.78 Å². The number of aromatic nitrogens is 2. The normalized spacial score (nSPS) is 11.5. The first-order valence-corrected chi connectivity index (χ1v) is 9.48. The third kappa shape index (κ3) is 3.56. The summed E-state index contributed by atoms with van der Waals surface area (Å²) in [6.07, 6.45) is 0. The minimum Gasteiger partial charge on any atom is -0.279 e. The Morgan fingerprint density at radius 2 is 1.81 bits per heavy atom. The largest absolute Gasteiger partial charge is 0.300 e. The quantitative estimate of drug-likeness (QED) is 0.544. The van der Waals surface area contributed by atoms with Gasteiger partial charge in [-0.05, 0) is 30.3 Å². The van der Waals surface area contributed by atoms with Gasteiger partial charge in [0.05, 0.1) is 16.3 Å². The number of nitrogens with one attached hydrogen (secondary N) is 1. The van der Waals surface area contributed by atoms with Gasteiger partial charge in [-0.15, -0.1) is 5.11 Å². The fraction of sp³-hybridized carbons (Fsp3) is 0. The van der Waals surface area contributed by atoms with Crippen LogP contribution in [0.3, 0.4) is 0 Å². The Morgan fingerprint density at radius 1 is 1.08 bits per heavy atom. The second-order valence-corrected chi connectivity index (χ2v) is 7.62. The number of nitrogens with zero attached hydrogens (tertiary/aromatic N) is 4. The van der Waals surface area contributed by atoms with Crippen molar-refractivity contribution in [2.24, 2.45) is 10.2 Å². The van der Waals surface area contributed by atoms with Crippen molar-refractivity contribution < 1.29 is 8.42 Å². The molecule has 26 heavy (non-hydrogen) atoms. The van der Waals surface area contributed by atoms with E-state index >= 15 is 0 Å². The van der Waals surface area contributed by atoms with E-state index in [1.807, 2.05) is 6.07 Å². The number of rotatable bonds is 4. The molecule has 10 heteroatoms. The fourth-order valence-electron chi connectivity index (χ4n) is 2.16. The lowest BCUT2D eigenvalue weighted by atomic mass is 10.3. The maximum atomic E-state index is 12.5. The fourth-order valence-corrected chi connectivity index (χ4v) is 2.95. The third-order valence-electron chi connectivity index (χ3n) is 3.36. The highest BCUT2D eigenvalue weighted by atomic mass is 35.7. The number of nitriles is 1. The van der Waals surface area contributed by atoms with Crippen LogP contribution >= 0.6 is 10.7 Å². The average Bonchev–Trinajstić information content (AvgIpc) is 2.96. The third-order valence-corrected chi connectivity index (χ3v) is 4.71. The van der Waals surface area contributed by atoms with E-state index in [0.29, 0.717) is 5.69 Å². The number of hydrogen-bond donors (Lipinski definition) is 1. The van der Waals surface area contributed by atoms with Gasteiger partial charge in [0.25, 0.3) is 14.6 Å². The molecule has 0 aliphatic heterocycles. The standard InChI is InChI=1S/C16H10ClN5O3S/c17-26(24,25)13-8-4-5-11(9-13)19-20-15-14(10-18)21-22(16(15)23)12-6-2-1-3-7-12/h1-9,21H. The predicted octanol–water partition coefficient (Wildman–Crippen LogP) is 3.38. The Bertz CT molecular complexity index is 1190. The van der Waals surface area contributed by atoms with Gasteiger partial charge in [-0.3, -0.25) is 9.89 Å². The average molecular weight is 388 g/mol. The van der Waals surface area contributed by atoms with Crippen LogP contribution in [0.2, 0.25) is 0 Å². The molecule has 1 N–H and O–H groups in total. The van der Waals surface area contributed by atoms with Crippen molar-refractivity contribution in [3.05, 3.63) is 70.6 Å². The summed E-state index contributed by atoms with van der Waals surface area (Å²) >= 11 is 0. The molecule has 3 aromatic rings. The van der Waals surface area contributed by atoms with Gasteiger partial charge in [0.1, 0.15) is 6.07 Å². The van der Waals surface area contributed by atoms with Crippen LogP contribution in [0.15, 0.2) is 74.5 Å². The molecule has 0 saturated heterocycles. The molecule has 0 spiro atoms. The molecule has 1 aromatic heterocycles. The van der Waals surface area contributed by atoms with E-state index in [4.69, 9.17) is 10.7 Å². The lowest BCUT2D eigenvalue weighted by Gasteiger charge is -1.98. The molecule has 0 aliphatic rings. The SMILES string of the molecule is N#Cc1[nH]n(-c2ccccc2)c(=O)c1N=Nc1cccc(S(=O)(=O)Cl)c1. The molecule has 0 bridgehead atoms. The summed E-state index contributed by atoms with van der Waals surface area (Å²) in [6.45, 7) is 0. The van der Waals surface area contributed by atoms with Crippen LogP contribution in [0, 0.1) is 11.3 Å². The smallest absolute Gasteiger partial charge is 0.279 e. The molecule has 8 nitrogen and oxygen atoms in total. The van der Waals surface area contributed by atoms with E-state index in [1.165, 1.54) is 28.9 Å². The number of azo groups is 1. The van der Waals surface area contributed by atoms with Crippen molar-refractivity contribution >= 4 is 31.1 Å². The molecule has 0 fully saturated rings. The van der Waals surface area contributed by atoms with Crippen molar-refractivity contribution in [3.8, 4) is 11.8 Å². The summed E-state index contributed by atoms with van der Waals surface area (Å²) in [4.78, 5) is 12.4. The number of aromatic amines is 1. The zero-order valence-electron chi connectivity index (χ0n) is 13.0. The molecule has 0 amide bonds. The van der Waals surface area contributed by atoms with Crippen molar-refractivity contribution in [2.45, 2.75) is 4.90 Å². The molecule has 2 aromatic carbocycles. The van der Waals surface area contributed by atoms with Gasteiger partial charge in [-0.2, -0.15) is 10.4 Å². The van der Waals surface area contributed by atoms with E-state index < -0.39 is 14.6 Å². The number of para-hydroxylation sites is 1. The monoisotopic (exact) mass is 387 g/mol. The minimum atomic E-state index is -3.91. The molecule has 0 radical (unpaired) electrons. The van der Waals surface area contributed by atoms with Gasteiger partial charge in [0, 0.05) is 10.7 Å². The highest BCUT2D eigenvalue weighted by Gasteiger charge is 2.15. The highest BCUT2D eigenvalue weighted by Crippen LogP contribution is 2.23. The van der Waals surface area contributed by atoms with Crippen molar-refractivity contribution in [2.75, 3.05) is 0 Å². The van der Waals surface area contributed by atoms with E-state index in [-0.39, 0.29) is 22.0 Å². The molecule has 3 rings (SSSR count). The van der Waals surface area contributed by atoms with Crippen LogP contribution in [0.25, 0.3) is 5.69 Å². The Kier molecular flexibility index (Phi) is 4.71. The van der Waals surface area contributed by atoms with Gasteiger partial charge >= 0.3 is 0 Å². The summed E-state index contributed by atoms with van der Waals surface area (Å²) in [5.74, 6) is 0. The first kappa shape index (κ1) is 17.6. The molecule has 0 atom stereocenters. The van der Waals surface area contributed by atoms with E-state index in [9.17, 15) is 18.5 Å². The first-order chi connectivity index (χ1) is 12.4. The summed E-state index contributed by atoms with van der Waals surface area (Å²) < 4.78 is 23.9. The first-order valence-electron chi connectivity index (χ1n) is 7.17. The lowest BCUT2D eigenvalue weighted by Crippen LogP contribution is -2.13. The molecule has 0 aliphatic carbocycles. The minimum absolute atomic E-state index is 0.0660. The van der Waals surface area contributed by atoms with E-state index in [1.54, 1.807) is 30.3 Å². The van der Waals surface area contributed by atoms with Crippen LogP contribution in [-0.4, -0.2) is 18.2 Å². The molecule has 1 heterocycles. The van der Waals surface area contributed by atoms with Crippen LogP contribution < -0.4 is 5.56 Å². The van der Waals surface area contributed by atoms with Gasteiger partial charge in [0.15, 0.2) is 11.4 Å². The summed E-state index contributed by atoms with van der Waals surface area (Å²) in [7, 11) is 1.38. The lowest BCUT2D eigenvalue weighted by molar-refractivity contribution is 0.609. The highest BCUT2D eigenvalue weighted by molar-refractivity contribution is 8.13. The van der Waals surface area contributed by atoms with E-state index in [2.05, 4.69) is 15.3 Å². The van der Waals surface area contributed by atoms with E-state index in [0.717, 1.165) is 0 Å². The Labute approximate surface area is 152 Å². The number of H-pyrrole nitrogens is 1. The number of hydrogen-bond acceptors (Lipinski definition) is 6. The molecule has 0 unspecified atom stereocenters. The van der Waals surface area contributed by atoms with Crippen LogP contribution in [-0.2, 0) is 9.05 Å². The second kappa shape index (κ2) is 6.95. The summed E-state index contributed by atoms with van der Waals surface area (Å²) in [5.41, 5.74) is -0.106. The predicted molar refractivity (Wildman–Crippen MR) is 94.8 cm³/mol. The zero-order valence-corrected chi connectivity index (χ0v) is 14.6. The topological polar surface area (TPSA) is 120 Å². The Morgan fingerprint density at radius 3 is 2.46 bits per heavy atom.